The molecule has 2 amide bonds. The minimum atomic E-state index is -0.0329. The van der Waals surface area contributed by atoms with Crippen LogP contribution in [0.2, 0.25) is 0 Å². The van der Waals surface area contributed by atoms with Gasteiger partial charge in [-0.25, -0.2) is 4.79 Å². The third-order valence-corrected chi connectivity index (χ3v) is 5.61. The summed E-state index contributed by atoms with van der Waals surface area (Å²) in [6.07, 6.45) is 0. The lowest BCUT2D eigenvalue weighted by atomic mass is 9.85. The molecule has 1 saturated heterocycles. The van der Waals surface area contributed by atoms with Crippen LogP contribution in [0.4, 0.5) is 4.79 Å². The van der Waals surface area contributed by atoms with Crippen molar-refractivity contribution in [2.45, 2.75) is 45.7 Å². The molecule has 2 heterocycles. The van der Waals surface area contributed by atoms with E-state index in [1.165, 1.54) is 5.56 Å². The smallest absolute Gasteiger partial charge is 0.318 e. The molecule has 0 bridgehead atoms. The molecule has 3 rings (SSSR count). The predicted octanol–water partition coefficient (Wildman–Crippen LogP) is 3.74. The normalized spacial score (nSPS) is 20.6. The van der Waals surface area contributed by atoms with Crippen molar-refractivity contribution >= 4 is 17.4 Å². The number of benzene rings is 1. The summed E-state index contributed by atoms with van der Waals surface area (Å²) in [4.78, 5) is 14.4. The molecule has 24 heavy (non-hydrogen) atoms. The molecule has 5 nitrogen and oxygen atoms in total. The first-order chi connectivity index (χ1) is 11.4. The molecule has 0 unspecified atom stereocenters. The fraction of sp³-hybridized carbons (Fsp3) is 0.500. The number of rotatable bonds is 3. The summed E-state index contributed by atoms with van der Waals surface area (Å²) < 4.78 is 0. The van der Waals surface area contributed by atoms with Gasteiger partial charge in [0.2, 0.25) is 0 Å². The molecular formula is C18H24N4OS. The Morgan fingerprint density at radius 1 is 1.29 bits per heavy atom. The van der Waals surface area contributed by atoms with Crippen LogP contribution in [0.5, 0.6) is 0 Å². The van der Waals surface area contributed by atoms with Crippen LogP contribution in [0.3, 0.4) is 0 Å². The zero-order chi connectivity index (χ0) is 17.3. The third-order valence-electron chi connectivity index (χ3n) is 4.26. The molecule has 0 radical (unpaired) electrons. The van der Waals surface area contributed by atoms with Crippen LogP contribution in [0.15, 0.2) is 30.3 Å². The number of urea groups is 1. The highest BCUT2D eigenvalue weighted by Gasteiger charge is 2.39. The predicted molar refractivity (Wildman–Crippen MR) is 95.9 cm³/mol. The number of amides is 2. The highest BCUT2D eigenvalue weighted by Crippen LogP contribution is 2.38. The lowest BCUT2D eigenvalue weighted by Crippen LogP contribution is -2.54. The summed E-state index contributed by atoms with van der Waals surface area (Å²) in [5.74, 6) is 0.479. The van der Waals surface area contributed by atoms with E-state index in [4.69, 9.17) is 0 Å². The molecule has 1 aliphatic rings. The Kier molecular flexibility index (Phi) is 4.58. The standard InChI is InChI=1S/C18H24N4OS/c1-12-11-22(15(12)13-8-6-5-7-9-13)17(23)19-10-14-20-21-16(24-14)18(2,3)4/h5-9,12,15H,10-11H2,1-4H3,(H,19,23)/t12-,15+/m1/s1. The Bertz CT molecular complexity index is 707. The van der Waals surface area contributed by atoms with E-state index in [2.05, 4.69) is 55.3 Å². The molecule has 1 fully saturated rings. The number of hydrogen-bond acceptors (Lipinski definition) is 4. The minimum Gasteiger partial charge on any atom is -0.331 e. The first-order valence-corrected chi connectivity index (χ1v) is 9.10. The van der Waals surface area contributed by atoms with Crippen LogP contribution in [-0.2, 0) is 12.0 Å². The highest BCUT2D eigenvalue weighted by molar-refractivity contribution is 7.11. The number of carbonyl (C=O) groups is 1. The molecule has 0 aliphatic carbocycles. The van der Waals surface area contributed by atoms with E-state index in [0.29, 0.717) is 12.5 Å². The maximum Gasteiger partial charge on any atom is 0.318 e. The van der Waals surface area contributed by atoms with Crippen LogP contribution >= 0.6 is 11.3 Å². The second kappa shape index (κ2) is 6.51. The monoisotopic (exact) mass is 344 g/mol. The highest BCUT2D eigenvalue weighted by atomic mass is 32.1. The van der Waals surface area contributed by atoms with Gasteiger partial charge in [0.1, 0.15) is 10.0 Å². The lowest BCUT2D eigenvalue weighted by molar-refractivity contribution is 0.0590. The largest absolute Gasteiger partial charge is 0.331 e. The Balaban J connectivity index is 1.60. The van der Waals surface area contributed by atoms with Gasteiger partial charge < -0.3 is 10.2 Å². The van der Waals surface area contributed by atoms with Crippen LogP contribution in [0.25, 0.3) is 0 Å². The Labute approximate surface area is 147 Å². The average molecular weight is 344 g/mol. The summed E-state index contributed by atoms with van der Waals surface area (Å²) in [6, 6.07) is 10.3. The van der Waals surface area contributed by atoms with Gasteiger partial charge in [0.05, 0.1) is 12.6 Å². The zero-order valence-corrected chi connectivity index (χ0v) is 15.4. The number of hydrogen-bond donors (Lipinski definition) is 1. The molecule has 1 aromatic carbocycles. The topological polar surface area (TPSA) is 58.1 Å². The van der Waals surface area contributed by atoms with Crippen LogP contribution in [0, 0.1) is 5.92 Å². The second-order valence-electron chi connectivity index (χ2n) is 7.39. The first kappa shape index (κ1) is 16.9. The average Bonchev–Trinajstić information content (AvgIpc) is 3.00. The van der Waals surface area contributed by atoms with E-state index in [0.717, 1.165) is 16.6 Å². The van der Waals surface area contributed by atoms with Gasteiger partial charge in [-0.3, -0.25) is 0 Å². The van der Waals surface area contributed by atoms with Gasteiger partial charge in [-0.1, -0.05) is 69.4 Å². The van der Waals surface area contributed by atoms with E-state index in [-0.39, 0.29) is 17.5 Å². The van der Waals surface area contributed by atoms with Crippen molar-refractivity contribution in [3.63, 3.8) is 0 Å². The Morgan fingerprint density at radius 3 is 2.58 bits per heavy atom. The number of nitrogens with zero attached hydrogens (tertiary/aromatic N) is 3. The molecule has 128 valence electrons. The minimum absolute atomic E-state index is 0.00870. The molecule has 2 aromatic rings. The zero-order valence-electron chi connectivity index (χ0n) is 14.6. The van der Waals surface area contributed by atoms with Crippen molar-refractivity contribution in [1.82, 2.24) is 20.4 Å². The van der Waals surface area contributed by atoms with Gasteiger partial charge in [0.15, 0.2) is 0 Å². The second-order valence-corrected chi connectivity index (χ2v) is 8.46. The van der Waals surface area contributed by atoms with Crippen molar-refractivity contribution in [3.05, 3.63) is 45.9 Å². The number of carbonyl (C=O) groups excluding carboxylic acids is 1. The fourth-order valence-corrected chi connectivity index (χ4v) is 3.78. The molecule has 2 atom stereocenters. The number of likely N-dealkylation sites (tertiary alicyclic amines) is 1. The Morgan fingerprint density at radius 2 is 2.00 bits per heavy atom. The number of nitrogens with one attached hydrogen (secondary N) is 1. The summed E-state index contributed by atoms with van der Waals surface area (Å²) in [5.41, 5.74) is 1.18. The summed E-state index contributed by atoms with van der Waals surface area (Å²) >= 11 is 1.56. The van der Waals surface area contributed by atoms with Gasteiger partial charge in [0, 0.05) is 12.0 Å². The van der Waals surface area contributed by atoms with E-state index < -0.39 is 0 Å². The molecule has 1 aliphatic heterocycles. The number of aromatic nitrogens is 2. The maximum absolute atomic E-state index is 12.5. The van der Waals surface area contributed by atoms with Crippen molar-refractivity contribution in [1.29, 1.82) is 0 Å². The molecule has 0 spiro atoms. The molecule has 1 N–H and O–H groups in total. The molecule has 0 saturated carbocycles. The SMILES string of the molecule is C[C@@H]1CN(C(=O)NCc2nnc(C(C)(C)C)s2)[C@@H]1c1ccccc1. The summed E-state index contributed by atoms with van der Waals surface area (Å²) in [6.45, 7) is 9.74. The van der Waals surface area contributed by atoms with Crippen molar-refractivity contribution in [3.8, 4) is 0 Å². The van der Waals surface area contributed by atoms with Crippen molar-refractivity contribution in [2.75, 3.05) is 6.54 Å². The molecule has 1 aromatic heterocycles. The molecular weight excluding hydrogens is 320 g/mol. The quantitative estimate of drug-likeness (QED) is 0.923. The Hall–Kier alpha value is -1.95. The van der Waals surface area contributed by atoms with E-state index in [1.54, 1.807) is 11.3 Å². The third kappa shape index (κ3) is 3.43. The van der Waals surface area contributed by atoms with E-state index in [1.807, 2.05) is 23.1 Å². The van der Waals surface area contributed by atoms with Gasteiger partial charge in [-0.05, 0) is 11.5 Å². The maximum atomic E-state index is 12.5. The lowest BCUT2D eigenvalue weighted by Gasteiger charge is -2.46. The van der Waals surface area contributed by atoms with Crippen LogP contribution < -0.4 is 5.32 Å². The first-order valence-electron chi connectivity index (χ1n) is 8.28. The van der Waals surface area contributed by atoms with E-state index in [9.17, 15) is 4.79 Å². The van der Waals surface area contributed by atoms with Gasteiger partial charge in [-0.2, -0.15) is 0 Å². The summed E-state index contributed by atoms with van der Waals surface area (Å²) in [5, 5.41) is 13.2. The van der Waals surface area contributed by atoms with Crippen molar-refractivity contribution in [2.24, 2.45) is 5.92 Å². The van der Waals surface area contributed by atoms with Gasteiger partial charge in [-0.15, -0.1) is 10.2 Å². The fourth-order valence-electron chi connectivity index (χ4n) is 2.94. The van der Waals surface area contributed by atoms with Crippen molar-refractivity contribution < 1.29 is 4.79 Å². The molecule has 6 heteroatoms. The van der Waals surface area contributed by atoms with Crippen LogP contribution in [0.1, 0.15) is 49.3 Å². The van der Waals surface area contributed by atoms with E-state index >= 15 is 0 Å². The van der Waals surface area contributed by atoms with Gasteiger partial charge in [0.25, 0.3) is 0 Å². The van der Waals surface area contributed by atoms with Crippen LogP contribution in [-0.4, -0.2) is 27.7 Å². The summed E-state index contributed by atoms with van der Waals surface area (Å²) in [7, 11) is 0. The van der Waals surface area contributed by atoms with Gasteiger partial charge >= 0.3 is 6.03 Å².